The van der Waals surface area contributed by atoms with Gasteiger partial charge in [-0.1, -0.05) is 6.92 Å². The second-order valence-electron chi connectivity index (χ2n) is 3.17. The van der Waals surface area contributed by atoms with Gasteiger partial charge in [-0.2, -0.15) is 0 Å². The van der Waals surface area contributed by atoms with Gasteiger partial charge in [-0.25, -0.2) is 0 Å². The molecule has 0 radical (unpaired) electrons. The van der Waals surface area contributed by atoms with Crippen molar-refractivity contribution >= 4 is 0 Å². The van der Waals surface area contributed by atoms with Crippen molar-refractivity contribution in [2.75, 3.05) is 19.8 Å². The van der Waals surface area contributed by atoms with Crippen LogP contribution in [0, 0.1) is 5.92 Å². The average Bonchev–Trinajstić information content (AvgIpc) is 2.46. The molecule has 2 aliphatic heterocycles. The summed E-state index contributed by atoms with van der Waals surface area (Å²) in [4.78, 5) is 0. The second-order valence-corrected chi connectivity index (χ2v) is 3.17. The topological polar surface area (TPSA) is 38.7 Å². The van der Waals surface area contributed by atoms with E-state index >= 15 is 0 Å². The molecule has 0 aliphatic carbocycles. The molecule has 10 heavy (non-hydrogen) atoms. The summed E-state index contributed by atoms with van der Waals surface area (Å²) in [5.41, 5.74) is -0.356. The van der Waals surface area contributed by atoms with Gasteiger partial charge >= 0.3 is 0 Å². The third-order valence-electron chi connectivity index (χ3n) is 2.73. The van der Waals surface area contributed by atoms with Crippen LogP contribution in [-0.2, 0) is 9.47 Å². The fraction of sp³-hybridized carbons (Fsp3) is 1.00. The van der Waals surface area contributed by atoms with Gasteiger partial charge in [0.05, 0.1) is 25.9 Å². The largest absolute Gasteiger partial charge is 0.393 e. The van der Waals surface area contributed by atoms with E-state index < -0.39 is 0 Å². The first-order valence-electron chi connectivity index (χ1n) is 3.65. The van der Waals surface area contributed by atoms with Crippen LogP contribution in [0.25, 0.3) is 0 Å². The summed E-state index contributed by atoms with van der Waals surface area (Å²) in [6.45, 7) is 3.38. The van der Waals surface area contributed by atoms with E-state index in [0.717, 1.165) is 0 Å². The Bertz CT molecular complexity index is 138. The molecular formula is C7H12O3. The van der Waals surface area contributed by atoms with E-state index in [1.807, 2.05) is 0 Å². The molecule has 2 bridgehead atoms. The Morgan fingerprint density at radius 3 is 2.70 bits per heavy atom. The predicted molar refractivity (Wildman–Crippen MR) is 34.7 cm³/mol. The van der Waals surface area contributed by atoms with Crippen LogP contribution in [0.2, 0.25) is 0 Å². The van der Waals surface area contributed by atoms with E-state index in [4.69, 9.17) is 14.6 Å². The van der Waals surface area contributed by atoms with Crippen LogP contribution in [0.4, 0.5) is 0 Å². The lowest BCUT2D eigenvalue weighted by atomic mass is 9.92. The molecule has 2 heterocycles. The fourth-order valence-corrected chi connectivity index (χ4v) is 1.71. The Morgan fingerprint density at radius 1 is 1.70 bits per heavy atom. The van der Waals surface area contributed by atoms with Crippen LogP contribution in [0.3, 0.4) is 0 Å². The first-order valence-corrected chi connectivity index (χ1v) is 3.65. The lowest BCUT2D eigenvalue weighted by Gasteiger charge is -2.25. The number of aliphatic hydroxyl groups is 1. The zero-order chi connectivity index (χ0) is 7.19. The summed E-state index contributed by atoms with van der Waals surface area (Å²) < 4.78 is 10.8. The third-order valence-corrected chi connectivity index (χ3v) is 2.73. The molecule has 0 aromatic rings. The molecule has 0 amide bonds. The molecule has 0 aromatic carbocycles. The summed E-state index contributed by atoms with van der Waals surface area (Å²) >= 11 is 0. The van der Waals surface area contributed by atoms with Crippen molar-refractivity contribution in [3.63, 3.8) is 0 Å². The first-order chi connectivity index (χ1) is 4.78. The Hall–Kier alpha value is -0.120. The van der Waals surface area contributed by atoms with Gasteiger partial charge in [-0.3, -0.25) is 0 Å². The molecule has 2 fully saturated rings. The van der Waals surface area contributed by atoms with Crippen LogP contribution < -0.4 is 0 Å². The number of hydrogen-bond donors (Lipinski definition) is 1. The Balaban J connectivity index is 2.22. The van der Waals surface area contributed by atoms with Gasteiger partial charge in [0.2, 0.25) is 0 Å². The molecule has 2 aliphatic rings. The second kappa shape index (κ2) is 1.94. The SMILES string of the molecule is CC1C2CO[C@@]1(CO)CO2. The summed E-state index contributed by atoms with van der Waals surface area (Å²) in [7, 11) is 0. The Labute approximate surface area is 59.9 Å². The molecule has 0 saturated carbocycles. The molecule has 3 nitrogen and oxygen atoms in total. The number of fused-ring (bicyclic) bond motifs is 2. The van der Waals surface area contributed by atoms with Crippen molar-refractivity contribution in [3.05, 3.63) is 0 Å². The Kier molecular flexibility index (Phi) is 1.27. The minimum absolute atomic E-state index is 0.0880. The summed E-state index contributed by atoms with van der Waals surface area (Å²) in [5.74, 6) is 0.359. The maximum absolute atomic E-state index is 9.01. The van der Waals surface area contributed by atoms with E-state index in [-0.39, 0.29) is 18.3 Å². The van der Waals surface area contributed by atoms with Gasteiger partial charge in [0.1, 0.15) is 5.60 Å². The molecule has 3 heteroatoms. The van der Waals surface area contributed by atoms with Crippen molar-refractivity contribution in [1.82, 2.24) is 0 Å². The number of ether oxygens (including phenoxy) is 2. The molecule has 58 valence electrons. The summed E-state index contributed by atoms with van der Waals surface area (Å²) in [6.07, 6.45) is 0.229. The minimum Gasteiger partial charge on any atom is -0.393 e. The maximum Gasteiger partial charge on any atom is 0.120 e. The van der Waals surface area contributed by atoms with Crippen molar-refractivity contribution < 1.29 is 14.6 Å². The summed E-state index contributed by atoms with van der Waals surface area (Å²) in [6, 6.07) is 0. The lowest BCUT2D eigenvalue weighted by Crippen LogP contribution is -2.39. The maximum atomic E-state index is 9.01. The zero-order valence-electron chi connectivity index (χ0n) is 6.04. The van der Waals surface area contributed by atoms with Gasteiger partial charge in [-0.15, -0.1) is 0 Å². The van der Waals surface area contributed by atoms with E-state index in [0.29, 0.717) is 19.1 Å². The monoisotopic (exact) mass is 144 g/mol. The molecule has 2 rings (SSSR count). The van der Waals surface area contributed by atoms with Crippen LogP contribution >= 0.6 is 0 Å². The van der Waals surface area contributed by atoms with E-state index in [1.165, 1.54) is 0 Å². The van der Waals surface area contributed by atoms with Crippen LogP contribution in [0.5, 0.6) is 0 Å². The van der Waals surface area contributed by atoms with E-state index in [9.17, 15) is 0 Å². The van der Waals surface area contributed by atoms with Crippen LogP contribution in [0.15, 0.2) is 0 Å². The van der Waals surface area contributed by atoms with Gasteiger partial charge in [-0.05, 0) is 0 Å². The van der Waals surface area contributed by atoms with E-state index in [2.05, 4.69) is 6.92 Å². The molecule has 2 unspecified atom stereocenters. The van der Waals surface area contributed by atoms with Crippen molar-refractivity contribution in [1.29, 1.82) is 0 Å². The highest BCUT2D eigenvalue weighted by molar-refractivity contribution is 5.00. The Morgan fingerprint density at radius 2 is 2.50 bits per heavy atom. The third kappa shape index (κ3) is 0.603. The number of rotatable bonds is 1. The first kappa shape index (κ1) is 6.58. The highest BCUT2D eigenvalue weighted by atomic mass is 16.6. The quantitative estimate of drug-likeness (QED) is 0.553. The highest BCUT2D eigenvalue weighted by Gasteiger charge is 2.53. The normalized spacial score (nSPS) is 52.2. The van der Waals surface area contributed by atoms with Crippen molar-refractivity contribution in [2.45, 2.75) is 18.6 Å². The molecule has 0 aromatic heterocycles. The predicted octanol–water partition coefficient (Wildman–Crippen LogP) is -0.217. The van der Waals surface area contributed by atoms with E-state index in [1.54, 1.807) is 0 Å². The molecule has 1 N–H and O–H groups in total. The van der Waals surface area contributed by atoms with Gasteiger partial charge in [0.15, 0.2) is 0 Å². The molecule has 0 spiro atoms. The van der Waals surface area contributed by atoms with Crippen molar-refractivity contribution in [2.24, 2.45) is 5.92 Å². The summed E-state index contributed by atoms with van der Waals surface area (Å²) in [5, 5.41) is 9.01. The molecule has 3 atom stereocenters. The smallest absolute Gasteiger partial charge is 0.120 e. The molecule has 2 saturated heterocycles. The minimum atomic E-state index is -0.356. The zero-order valence-corrected chi connectivity index (χ0v) is 6.04. The lowest BCUT2D eigenvalue weighted by molar-refractivity contribution is -0.117. The van der Waals surface area contributed by atoms with Gasteiger partial charge in [0, 0.05) is 5.92 Å². The fourth-order valence-electron chi connectivity index (χ4n) is 1.71. The number of aliphatic hydroxyl groups excluding tert-OH is 1. The molecular weight excluding hydrogens is 132 g/mol. The van der Waals surface area contributed by atoms with Gasteiger partial charge < -0.3 is 14.6 Å². The average molecular weight is 144 g/mol. The van der Waals surface area contributed by atoms with Gasteiger partial charge in [0.25, 0.3) is 0 Å². The van der Waals surface area contributed by atoms with Crippen LogP contribution in [0.1, 0.15) is 6.92 Å². The standard InChI is InChI=1S/C7H12O3/c1-5-6-2-10-7(5,3-8)4-9-6/h5-6,8H,2-4H2,1H3/t5?,6?,7-/m0/s1. The number of hydrogen-bond acceptors (Lipinski definition) is 3. The highest BCUT2D eigenvalue weighted by Crippen LogP contribution is 2.39. The van der Waals surface area contributed by atoms with Crippen molar-refractivity contribution in [3.8, 4) is 0 Å². The van der Waals surface area contributed by atoms with Crippen LogP contribution in [-0.4, -0.2) is 36.6 Å².